The molecule has 2 amide bonds. The van der Waals surface area contributed by atoms with Crippen molar-refractivity contribution < 1.29 is 18.4 Å². The molecular formula is C23H24N2O4Si2. The lowest BCUT2D eigenvalue weighted by atomic mass is 10.3. The van der Waals surface area contributed by atoms with E-state index in [4.69, 9.17) is 8.85 Å². The molecule has 0 radical (unpaired) electrons. The highest BCUT2D eigenvalue weighted by Crippen LogP contribution is 2.11. The zero-order chi connectivity index (χ0) is 21.9. The zero-order valence-electron chi connectivity index (χ0n) is 17.3. The molecule has 158 valence electrons. The van der Waals surface area contributed by atoms with Gasteiger partial charge in [-0.3, -0.25) is 0 Å². The maximum atomic E-state index is 12.8. The zero-order valence-corrected chi connectivity index (χ0v) is 19.7. The fraction of sp³-hybridized carbons (Fsp3) is 0.130. The van der Waals surface area contributed by atoms with Crippen molar-refractivity contribution in [3.8, 4) is 0 Å². The molecule has 3 aromatic rings. The highest BCUT2D eigenvalue weighted by molar-refractivity contribution is 7.07. The van der Waals surface area contributed by atoms with E-state index in [1.54, 1.807) is 0 Å². The highest BCUT2D eigenvalue weighted by Gasteiger charge is 2.45. The SMILES string of the molecule is CCC[SiH2]OC(=O)N=NC(=O)O[Si](c1ccccc1)(c1ccccc1)c1ccccc1. The van der Waals surface area contributed by atoms with Crippen molar-refractivity contribution in [2.45, 2.75) is 19.4 Å². The van der Waals surface area contributed by atoms with Crippen molar-refractivity contribution in [1.82, 2.24) is 0 Å². The molecule has 3 rings (SSSR count). The standard InChI is InChI=1S/C23H24N2O4Si2/c1-2-18-30-28-22(26)24-25-23(27)29-31(19-12-6-3-7-13-19,20-14-8-4-9-15-20)21-16-10-5-11-17-21/h3-17H,2,18,30H2,1H3. The van der Waals surface area contributed by atoms with Crippen molar-refractivity contribution in [3.63, 3.8) is 0 Å². The van der Waals surface area contributed by atoms with E-state index in [9.17, 15) is 9.59 Å². The number of azo groups is 1. The maximum absolute atomic E-state index is 12.8. The van der Waals surface area contributed by atoms with Gasteiger partial charge in [-0.2, -0.15) is 0 Å². The minimum Gasteiger partial charge on any atom is -0.507 e. The van der Waals surface area contributed by atoms with Gasteiger partial charge in [-0.15, -0.1) is 0 Å². The summed E-state index contributed by atoms with van der Waals surface area (Å²) in [5.41, 5.74) is 0. The van der Waals surface area contributed by atoms with Crippen LogP contribution in [0, 0.1) is 0 Å². The first kappa shape index (κ1) is 22.3. The molecule has 0 aliphatic rings. The lowest BCUT2D eigenvalue weighted by molar-refractivity contribution is 0.201. The van der Waals surface area contributed by atoms with E-state index < -0.39 is 30.3 Å². The van der Waals surface area contributed by atoms with E-state index in [2.05, 4.69) is 10.2 Å². The molecule has 0 unspecified atom stereocenters. The first-order valence-electron chi connectivity index (χ1n) is 10.1. The van der Waals surface area contributed by atoms with Gasteiger partial charge in [-0.25, -0.2) is 9.59 Å². The molecule has 0 heterocycles. The Morgan fingerprint density at radius 2 is 1.16 bits per heavy atom. The molecule has 0 aromatic heterocycles. The topological polar surface area (TPSA) is 77.3 Å². The van der Waals surface area contributed by atoms with Gasteiger partial charge in [0.15, 0.2) is 0 Å². The Balaban J connectivity index is 2.00. The van der Waals surface area contributed by atoms with E-state index in [-0.39, 0.29) is 0 Å². The van der Waals surface area contributed by atoms with Crippen LogP contribution in [0.5, 0.6) is 0 Å². The van der Waals surface area contributed by atoms with E-state index >= 15 is 0 Å². The summed E-state index contributed by atoms with van der Waals surface area (Å²) < 4.78 is 11.2. The Morgan fingerprint density at radius 1 is 0.742 bits per heavy atom. The van der Waals surface area contributed by atoms with Crippen LogP contribution in [-0.2, 0) is 8.85 Å². The third kappa shape index (κ3) is 5.62. The first-order valence-corrected chi connectivity index (χ1v) is 13.6. The van der Waals surface area contributed by atoms with Crippen LogP contribution in [0.4, 0.5) is 9.59 Å². The fourth-order valence-corrected chi connectivity index (χ4v) is 7.57. The Hall–Kier alpha value is -3.37. The second kappa shape index (κ2) is 11.1. The minimum absolute atomic E-state index is 0.844. The predicted octanol–water partition coefficient (Wildman–Crippen LogP) is 3.29. The highest BCUT2D eigenvalue weighted by atomic mass is 28.4. The minimum atomic E-state index is -3.24. The number of amides is 2. The second-order valence-corrected chi connectivity index (χ2v) is 11.5. The number of hydrogen-bond donors (Lipinski definition) is 0. The second-order valence-electron chi connectivity index (χ2n) is 6.82. The van der Waals surface area contributed by atoms with Gasteiger partial charge in [-0.05, 0) is 21.6 Å². The molecule has 0 saturated heterocycles. The molecule has 3 aromatic carbocycles. The largest absolute Gasteiger partial charge is 0.507 e. The maximum Gasteiger partial charge on any atom is 0.439 e. The van der Waals surface area contributed by atoms with Crippen LogP contribution in [0.2, 0.25) is 6.04 Å². The van der Waals surface area contributed by atoms with Crippen LogP contribution in [0.1, 0.15) is 13.3 Å². The molecule has 0 spiro atoms. The number of rotatable bonds is 7. The molecule has 0 N–H and O–H groups in total. The van der Waals surface area contributed by atoms with E-state index in [1.165, 1.54) is 0 Å². The quantitative estimate of drug-likeness (QED) is 0.240. The Morgan fingerprint density at radius 3 is 1.58 bits per heavy atom. The van der Waals surface area contributed by atoms with Gasteiger partial charge in [0, 0.05) is 0 Å². The van der Waals surface area contributed by atoms with Crippen LogP contribution in [0.15, 0.2) is 101 Å². The van der Waals surface area contributed by atoms with Gasteiger partial charge >= 0.3 is 20.5 Å². The smallest absolute Gasteiger partial charge is 0.439 e. The first-order chi connectivity index (χ1) is 15.2. The van der Waals surface area contributed by atoms with Crippen molar-refractivity contribution in [2.24, 2.45) is 10.2 Å². The summed E-state index contributed by atoms with van der Waals surface area (Å²) >= 11 is 0. The van der Waals surface area contributed by atoms with Crippen molar-refractivity contribution in [2.75, 3.05) is 0 Å². The Labute approximate surface area is 185 Å². The number of carbonyl (C=O) groups is 2. The van der Waals surface area contributed by atoms with E-state index in [0.717, 1.165) is 28.0 Å². The lowest BCUT2D eigenvalue weighted by Crippen LogP contribution is -2.69. The Bertz CT molecular complexity index is 919. The van der Waals surface area contributed by atoms with Crippen LogP contribution >= 0.6 is 0 Å². The van der Waals surface area contributed by atoms with Crippen LogP contribution < -0.4 is 15.6 Å². The molecule has 0 fully saturated rings. The predicted molar refractivity (Wildman–Crippen MR) is 125 cm³/mol. The summed E-state index contributed by atoms with van der Waals surface area (Å²) in [6.45, 7) is 2.01. The molecule has 0 aliphatic carbocycles. The molecule has 0 aliphatic heterocycles. The van der Waals surface area contributed by atoms with Crippen LogP contribution in [-0.4, -0.2) is 30.3 Å². The van der Waals surface area contributed by atoms with Gasteiger partial charge in [0.1, 0.15) is 0 Å². The summed E-state index contributed by atoms with van der Waals surface area (Å²) in [6.07, 6.45) is -0.821. The van der Waals surface area contributed by atoms with E-state index in [1.807, 2.05) is 97.9 Å². The summed E-state index contributed by atoms with van der Waals surface area (Å²) in [4.78, 5) is 24.5. The summed E-state index contributed by atoms with van der Waals surface area (Å²) in [5.74, 6) is 0. The van der Waals surface area contributed by atoms with Crippen LogP contribution in [0.3, 0.4) is 0 Å². The number of carbonyl (C=O) groups excluding carboxylic acids is 2. The molecule has 0 bridgehead atoms. The van der Waals surface area contributed by atoms with E-state index in [0.29, 0.717) is 0 Å². The van der Waals surface area contributed by atoms with Crippen molar-refractivity contribution in [3.05, 3.63) is 91.0 Å². The van der Waals surface area contributed by atoms with Crippen LogP contribution in [0.25, 0.3) is 0 Å². The van der Waals surface area contributed by atoms with Crippen molar-refractivity contribution in [1.29, 1.82) is 0 Å². The lowest BCUT2D eigenvalue weighted by Gasteiger charge is -2.31. The van der Waals surface area contributed by atoms with Gasteiger partial charge in [-0.1, -0.05) is 115 Å². The van der Waals surface area contributed by atoms with Gasteiger partial charge in [0.25, 0.3) is 0 Å². The number of benzene rings is 3. The summed E-state index contributed by atoms with van der Waals surface area (Å²) in [6, 6.07) is 29.7. The third-order valence-electron chi connectivity index (χ3n) is 4.72. The summed E-state index contributed by atoms with van der Waals surface area (Å²) in [5, 5.41) is 9.57. The number of nitrogens with zero attached hydrogens (tertiary/aromatic N) is 2. The molecule has 8 heteroatoms. The number of hydrogen-bond acceptors (Lipinski definition) is 4. The average Bonchev–Trinajstić information content (AvgIpc) is 2.83. The summed E-state index contributed by atoms with van der Waals surface area (Å²) in [7, 11) is -4.22. The monoisotopic (exact) mass is 448 g/mol. The molecule has 6 nitrogen and oxygen atoms in total. The average molecular weight is 449 g/mol. The van der Waals surface area contributed by atoms with Gasteiger partial charge < -0.3 is 8.85 Å². The van der Waals surface area contributed by atoms with Crippen molar-refractivity contribution >= 4 is 45.8 Å². The molecule has 31 heavy (non-hydrogen) atoms. The molecule has 0 atom stereocenters. The molecular weight excluding hydrogens is 424 g/mol. The fourth-order valence-electron chi connectivity index (χ4n) is 3.26. The third-order valence-corrected chi connectivity index (χ3v) is 10.1. The molecule has 0 saturated carbocycles. The normalized spacial score (nSPS) is 11.6. The van der Waals surface area contributed by atoms with Gasteiger partial charge in [0.05, 0.1) is 0 Å². The Kier molecular flexibility index (Phi) is 8.02. The van der Waals surface area contributed by atoms with Gasteiger partial charge in [0.2, 0.25) is 9.76 Å².